The molecule has 0 N–H and O–H groups in total. The Kier molecular flexibility index (Phi) is 5.21. The highest BCUT2D eigenvalue weighted by atomic mass is 16.2. The van der Waals surface area contributed by atoms with Crippen LogP contribution < -0.4 is 0 Å². The summed E-state index contributed by atoms with van der Waals surface area (Å²) in [6, 6.07) is 0.0694. The number of hydrogen-bond acceptors (Lipinski definition) is 4. The van der Waals surface area contributed by atoms with Gasteiger partial charge in [-0.15, -0.1) is 0 Å². The minimum Gasteiger partial charge on any atom is -0.272 e. The van der Waals surface area contributed by atoms with Gasteiger partial charge in [0.25, 0.3) is 23.6 Å². The first kappa shape index (κ1) is 20.0. The van der Waals surface area contributed by atoms with Crippen molar-refractivity contribution in [3.05, 3.63) is 24.3 Å². The molecule has 6 heteroatoms. The quantitative estimate of drug-likeness (QED) is 0.683. The number of carbonyl (C=O) groups is 4. The van der Waals surface area contributed by atoms with Crippen molar-refractivity contribution in [3.8, 4) is 0 Å². The van der Waals surface area contributed by atoms with Gasteiger partial charge in [0.1, 0.15) is 0 Å². The van der Waals surface area contributed by atoms with Crippen LogP contribution in [-0.2, 0) is 19.2 Å². The molecule has 0 aromatic heterocycles. The van der Waals surface area contributed by atoms with Crippen LogP contribution in [-0.4, -0.2) is 45.5 Å². The van der Waals surface area contributed by atoms with E-state index in [2.05, 4.69) is 13.8 Å². The molecule has 2 aliphatic heterocycles. The molecular weight excluding hydrogens is 368 g/mol. The minimum absolute atomic E-state index is 0.0347. The van der Waals surface area contributed by atoms with Crippen LogP contribution in [0, 0.1) is 17.3 Å². The highest BCUT2D eigenvalue weighted by Gasteiger charge is 2.44. The maximum Gasteiger partial charge on any atom is 0.253 e. The third kappa shape index (κ3) is 3.58. The van der Waals surface area contributed by atoms with Crippen molar-refractivity contribution in [3.63, 3.8) is 0 Å². The highest BCUT2D eigenvalue weighted by Crippen LogP contribution is 2.49. The Labute approximate surface area is 172 Å². The van der Waals surface area contributed by atoms with E-state index in [9.17, 15) is 19.2 Å². The Hall–Kier alpha value is -2.24. The van der Waals surface area contributed by atoms with Gasteiger partial charge in [0.15, 0.2) is 0 Å². The van der Waals surface area contributed by atoms with Crippen LogP contribution in [0.2, 0.25) is 0 Å². The van der Waals surface area contributed by atoms with Crippen molar-refractivity contribution in [1.29, 1.82) is 0 Å². The van der Waals surface area contributed by atoms with Crippen LogP contribution in [0.5, 0.6) is 0 Å². The fourth-order valence-electron chi connectivity index (χ4n) is 6.03. The van der Waals surface area contributed by atoms with Gasteiger partial charge in [-0.25, -0.2) is 0 Å². The number of rotatable bonds is 4. The molecule has 0 bridgehead atoms. The first-order chi connectivity index (χ1) is 13.8. The molecule has 0 aromatic rings. The molecule has 0 radical (unpaired) electrons. The standard InChI is InChI=1S/C23H30N2O4/c1-23(2,15-3-7-17(8-4-15)24-19(26)11-12-20(24)27)16-5-9-18(10-6-16)25-21(28)13-14-22(25)29/h11-18H,3-10H2,1-2H3. The van der Waals surface area contributed by atoms with Crippen LogP contribution in [0.25, 0.3) is 0 Å². The van der Waals surface area contributed by atoms with Crippen LogP contribution in [0.4, 0.5) is 0 Å². The average Bonchev–Trinajstić information content (AvgIpc) is 3.22. The Morgan fingerprint density at radius 2 is 0.862 bits per heavy atom. The van der Waals surface area contributed by atoms with Gasteiger partial charge in [-0.1, -0.05) is 13.8 Å². The van der Waals surface area contributed by atoms with Crippen molar-refractivity contribution in [1.82, 2.24) is 9.80 Å². The third-order valence-corrected chi connectivity index (χ3v) is 7.91. The molecule has 2 heterocycles. The van der Waals surface area contributed by atoms with Crippen molar-refractivity contribution in [2.24, 2.45) is 17.3 Å². The first-order valence-corrected chi connectivity index (χ1v) is 10.9. The van der Waals surface area contributed by atoms with Gasteiger partial charge in [0.2, 0.25) is 0 Å². The van der Waals surface area contributed by atoms with Crippen molar-refractivity contribution in [2.45, 2.75) is 77.3 Å². The molecule has 4 aliphatic rings. The largest absolute Gasteiger partial charge is 0.272 e. The molecule has 0 unspecified atom stereocenters. The Bertz CT molecular complexity index is 681. The Morgan fingerprint density at radius 3 is 1.14 bits per heavy atom. The predicted octanol–water partition coefficient (Wildman–Crippen LogP) is 2.98. The molecule has 156 valence electrons. The second-order valence-corrected chi connectivity index (χ2v) is 9.59. The van der Waals surface area contributed by atoms with Crippen molar-refractivity contribution >= 4 is 23.6 Å². The van der Waals surface area contributed by atoms with Gasteiger partial charge < -0.3 is 0 Å². The van der Waals surface area contributed by atoms with Gasteiger partial charge in [0.05, 0.1) is 0 Å². The van der Waals surface area contributed by atoms with Crippen LogP contribution in [0.15, 0.2) is 24.3 Å². The van der Waals surface area contributed by atoms with E-state index in [-0.39, 0.29) is 41.1 Å². The monoisotopic (exact) mass is 398 g/mol. The van der Waals surface area contributed by atoms with Gasteiger partial charge in [0, 0.05) is 36.4 Å². The summed E-state index contributed by atoms with van der Waals surface area (Å²) in [5.41, 5.74) is 0.171. The molecule has 0 spiro atoms. The lowest BCUT2D eigenvalue weighted by atomic mass is 9.60. The minimum atomic E-state index is -0.170. The second kappa shape index (κ2) is 7.54. The molecule has 0 saturated heterocycles. The summed E-state index contributed by atoms with van der Waals surface area (Å²) < 4.78 is 0. The molecule has 4 amide bonds. The summed E-state index contributed by atoms with van der Waals surface area (Å²) in [6.45, 7) is 4.70. The van der Waals surface area contributed by atoms with Crippen LogP contribution in [0.1, 0.15) is 65.2 Å². The third-order valence-electron chi connectivity index (χ3n) is 7.91. The summed E-state index contributed by atoms with van der Waals surface area (Å²) in [7, 11) is 0. The molecule has 2 saturated carbocycles. The van der Waals surface area contributed by atoms with Crippen LogP contribution in [0.3, 0.4) is 0 Å². The van der Waals surface area contributed by atoms with Crippen molar-refractivity contribution < 1.29 is 19.2 Å². The maximum absolute atomic E-state index is 12.0. The van der Waals surface area contributed by atoms with E-state index in [0.717, 1.165) is 51.4 Å². The van der Waals surface area contributed by atoms with Crippen molar-refractivity contribution in [2.75, 3.05) is 0 Å². The molecular formula is C23H30N2O4. The molecule has 29 heavy (non-hydrogen) atoms. The lowest BCUT2D eigenvalue weighted by molar-refractivity contribution is -0.141. The normalized spacial score (nSPS) is 33.3. The average molecular weight is 399 g/mol. The number of amides is 4. The number of hydrogen-bond donors (Lipinski definition) is 0. The van der Waals surface area contributed by atoms with Gasteiger partial charge in [-0.2, -0.15) is 0 Å². The maximum atomic E-state index is 12.0. The fraction of sp³-hybridized carbons (Fsp3) is 0.652. The zero-order chi connectivity index (χ0) is 20.8. The summed E-state index contributed by atoms with van der Waals surface area (Å²) >= 11 is 0. The lowest BCUT2D eigenvalue weighted by Gasteiger charge is -2.48. The van der Waals surface area contributed by atoms with E-state index in [1.54, 1.807) is 0 Å². The number of carbonyl (C=O) groups excluding carboxylic acids is 4. The van der Waals surface area contributed by atoms with E-state index >= 15 is 0 Å². The SMILES string of the molecule is CC(C)(C1CCC(N2C(=O)C=CC2=O)CC1)C1CCC(N2C(=O)C=CC2=O)CC1. The van der Waals surface area contributed by atoms with E-state index in [4.69, 9.17) is 0 Å². The summed E-state index contributed by atoms with van der Waals surface area (Å²) in [4.78, 5) is 50.7. The zero-order valence-electron chi connectivity index (χ0n) is 17.3. The molecule has 2 fully saturated rings. The van der Waals surface area contributed by atoms with E-state index in [1.807, 2.05) is 0 Å². The molecule has 0 atom stereocenters. The zero-order valence-corrected chi connectivity index (χ0v) is 17.3. The topological polar surface area (TPSA) is 74.8 Å². The van der Waals surface area contributed by atoms with Gasteiger partial charge in [-0.05, 0) is 68.6 Å². The van der Waals surface area contributed by atoms with Gasteiger partial charge >= 0.3 is 0 Å². The Morgan fingerprint density at radius 1 is 0.586 bits per heavy atom. The fourth-order valence-corrected chi connectivity index (χ4v) is 6.03. The summed E-state index contributed by atoms with van der Waals surface area (Å²) in [5, 5.41) is 0. The lowest BCUT2D eigenvalue weighted by Crippen LogP contribution is -2.46. The second-order valence-electron chi connectivity index (χ2n) is 9.59. The van der Waals surface area contributed by atoms with Gasteiger partial charge in [-0.3, -0.25) is 29.0 Å². The summed E-state index contributed by atoms with van der Waals surface area (Å²) in [5.74, 6) is 0.455. The number of nitrogens with zero attached hydrogens (tertiary/aromatic N) is 2. The smallest absolute Gasteiger partial charge is 0.253 e. The molecule has 6 nitrogen and oxygen atoms in total. The molecule has 2 aliphatic carbocycles. The molecule has 0 aromatic carbocycles. The highest BCUT2D eigenvalue weighted by molar-refractivity contribution is 6.13. The Balaban J connectivity index is 1.32. The first-order valence-electron chi connectivity index (χ1n) is 10.9. The molecule has 4 rings (SSSR count). The van der Waals surface area contributed by atoms with E-state index in [1.165, 1.54) is 34.1 Å². The summed E-state index contributed by atoms with van der Waals surface area (Å²) in [6.07, 6.45) is 13.1. The van der Waals surface area contributed by atoms with Crippen LogP contribution >= 0.6 is 0 Å². The van der Waals surface area contributed by atoms with E-state index < -0.39 is 0 Å². The van der Waals surface area contributed by atoms with E-state index in [0.29, 0.717) is 11.8 Å². The predicted molar refractivity (Wildman–Crippen MR) is 107 cm³/mol. The number of imide groups is 2.